The van der Waals surface area contributed by atoms with E-state index in [0.717, 1.165) is 19.3 Å². The van der Waals surface area contributed by atoms with Gasteiger partial charge in [-0.15, -0.1) is 0 Å². The predicted molar refractivity (Wildman–Crippen MR) is 54.2 cm³/mol. The van der Waals surface area contributed by atoms with Crippen LogP contribution in [0.3, 0.4) is 0 Å². The molecule has 0 bridgehead atoms. The molecule has 96 valence electrons. The van der Waals surface area contributed by atoms with Crippen LogP contribution in [0.4, 0.5) is 13.2 Å². The van der Waals surface area contributed by atoms with Gasteiger partial charge in [-0.2, -0.15) is 13.2 Å². The fourth-order valence-electron chi connectivity index (χ4n) is 1.36. The summed E-state index contributed by atoms with van der Waals surface area (Å²) in [5, 5.41) is 8.48. The Morgan fingerprint density at radius 3 is 2.31 bits per heavy atom. The van der Waals surface area contributed by atoms with Crippen LogP contribution in [0.25, 0.3) is 0 Å². The van der Waals surface area contributed by atoms with E-state index in [0.29, 0.717) is 6.54 Å². The maximum Gasteiger partial charge on any atom is 0.403 e. The third-order valence-electron chi connectivity index (χ3n) is 2.33. The first-order valence-electron chi connectivity index (χ1n) is 5.27. The van der Waals surface area contributed by atoms with Crippen LogP contribution in [0.5, 0.6) is 0 Å². The molecule has 0 fully saturated rings. The van der Waals surface area contributed by atoms with E-state index >= 15 is 0 Å². The molecule has 3 nitrogen and oxygen atoms in total. The average Bonchev–Trinajstić information content (AvgIpc) is 2.12. The number of alkyl halides is 3. The lowest BCUT2D eigenvalue weighted by Gasteiger charge is -2.22. The Balaban J connectivity index is 4.15. The number of halogens is 3. The van der Waals surface area contributed by atoms with Crippen molar-refractivity contribution in [1.29, 1.82) is 0 Å². The van der Waals surface area contributed by atoms with Gasteiger partial charge in [0.1, 0.15) is 0 Å². The van der Waals surface area contributed by atoms with Gasteiger partial charge in [0.2, 0.25) is 0 Å². The maximum absolute atomic E-state index is 12.3. The third kappa shape index (κ3) is 5.95. The first-order chi connectivity index (χ1) is 7.29. The second-order valence-electron chi connectivity index (χ2n) is 3.90. The molecule has 0 amide bonds. The highest BCUT2D eigenvalue weighted by Gasteiger charge is 2.45. The smallest absolute Gasteiger partial charge is 0.403 e. The molecule has 0 aromatic carbocycles. The minimum absolute atomic E-state index is 0.484. The zero-order chi connectivity index (χ0) is 12.8. The Kier molecular flexibility index (Phi) is 6.40. The van der Waals surface area contributed by atoms with Crippen LogP contribution in [0.2, 0.25) is 0 Å². The fraction of sp³-hybridized carbons (Fsp3) is 0.900. The van der Waals surface area contributed by atoms with Crippen molar-refractivity contribution in [3.63, 3.8) is 0 Å². The van der Waals surface area contributed by atoms with Gasteiger partial charge in [0.05, 0.1) is 0 Å². The van der Waals surface area contributed by atoms with Crippen LogP contribution < -0.4 is 0 Å². The van der Waals surface area contributed by atoms with E-state index in [1.54, 1.807) is 0 Å². The number of unbranched alkanes of at least 4 members (excludes halogenated alkanes) is 2. The molecular weight excluding hydrogens is 223 g/mol. The molecule has 0 heterocycles. The Bertz CT molecular complexity index is 219. The highest BCUT2D eigenvalue weighted by molar-refractivity contribution is 5.71. The molecule has 1 N–H and O–H groups in total. The summed E-state index contributed by atoms with van der Waals surface area (Å²) >= 11 is 0. The molecule has 0 saturated carbocycles. The largest absolute Gasteiger partial charge is 0.481 e. The molecule has 0 radical (unpaired) electrons. The number of rotatable bonds is 7. The number of carboxylic acid groups (broad SMARTS) is 1. The highest BCUT2D eigenvalue weighted by atomic mass is 19.4. The van der Waals surface area contributed by atoms with Crippen molar-refractivity contribution in [2.75, 3.05) is 20.1 Å². The van der Waals surface area contributed by atoms with Gasteiger partial charge in [0.25, 0.3) is 0 Å². The van der Waals surface area contributed by atoms with Gasteiger partial charge in [-0.3, -0.25) is 4.79 Å². The number of aliphatic carboxylic acids is 1. The lowest BCUT2D eigenvalue weighted by Crippen LogP contribution is -2.40. The zero-order valence-corrected chi connectivity index (χ0v) is 9.55. The number of nitrogens with zero attached hydrogens (tertiary/aromatic N) is 1. The van der Waals surface area contributed by atoms with E-state index in [4.69, 9.17) is 5.11 Å². The SMILES string of the molecule is CCCCCN(C)CC(C(=O)O)C(F)(F)F. The number of carboxylic acids is 1. The molecule has 0 aliphatic heterocycles. The van der Waals surface area contributed by atoms with E-state index in [1.165, 1.54) is 11.9 Å². The summed E-state index contributed by atoms with van der Waals surface area (Å²) in [6.45, 7) is 2.01. The van der Waals surface area contributed by atoms with Crippen LogP contribution in [0, 0.1) is 5.92 Å². The van der Waals surface area contributed by atoms with Gasteiger partial charge in [0, 0.05) is 6.54 Å². The summed E-state index contributed by atoms with van der Waals surface area (Å²) in [6.07, 6.45) is -1.97. The summed E-state index contributed by atoms with van der Waals surface area (Å²) in [6, 6.07) is 0. The van der Waals surface area contributed by atoms with E-state index < -0.39 is 24.6 Å². The van der Waals surface area contributed by atoms with Gasteiger partial charge in [-0.25, -0.2) is 0 Å². The quantitative estimate of drug-likeness (QED) is 0.696. The Morgan fingerprint density at radius 2 is 1.94 bits per heavy atom. The molecule has 6 heteroatoms. The van der Waals surface area contributed by atoms with E-state index in [-0.39, 0.29) is 0 Å². The van der Waals surface area contributed by atoms with Crippen LogP contribution >= 0.6 is 0 Å². The monoisotopic (exact) mass is 241 g/mol. The number of hydrogen-bond donors (Lipinski definition) is 1. The van der Waals surface area contributed by atoms with Gasteiger partial charge < -0.3 is 10.0 Å². The molecule has 1 unspecified atom stereocenters. The topological polar surface area (TPSA) is 40.5 Å². The highest BCUT2D eigenvalue weighted by Crippen LogP contribution is 2.27. The van der Waals surface area contributed by atoms with Crippen LogP contribution in [-0.2, 0) is 4.79 Å². The molecule has 0 saturated heterocycles. The average molecular weight is 241 g/mol. The molecule has 0 aliphatic rings. The Hall–Kier alpha value is -0.780. The minimum Gasteiger partial charge on any atom is -0.481 e. The molecular formula is C10H18F3NO2. The fourth-order valence-corrected chi connectivity index (χ4v) is 1.36. The summed E-state index contributed by atoms with van der Waals surface area (Å²) in [5.74, 6) is -4.10. The summed E-state index contributed by atoms with van der Waals surface area (Å²) < 4.78 is 36.9. The second-order valence-corrected chi connectivity index (χ2v) is 3.90. The molecule has 0 aromatic heterocycles. The number of carbonyl (C=O) groups is 1. The molecule has 16 heavy (non-hydrogen) atoms. The van der Waals surface area contributed by atoms with Crippen molar-refractivity contribution < 1.29 is 23.1 Å². The molecule has 0 spiro atoms. The van der Waals surface area contributed by atoms with Crippen molar-refractivity contribution >= 4 is 5.97 Å². The lowest BCUT2D eigenvalue weighted by atomic mass is 10.1. The van der Waals surface area contributed by atoms with E-state index in [1.807, 2.05) is 6.92 Å². The van der Waals surface area contributed by atoms with Gasteiger partial charge in [0.15, 0.2) is 5.92 Å². The van der Waals surface area contributed by atoms with Gasteiger partial charge in [-0.1, -0.05) is 19.8 Å². The Morgan fingerprint density at radius 1 is 1.38 bits per heavy atom. The van der Waals surface area contributed by atoms with Crippen molar-refractivity contribution in [1.82, 2.24) is 4.90 Å². The standard InChI is InChI=1S/C10H18F3NO2/c1-3-4-5-6-14(2)7-8(9(15)16)10(11,12)13/h8H,3-7H2,1-2H3,(H,15,16). The van der Waals surface area contributed by atoms with Gasteiger partial charge in [-0.05, 0) is 20.0 Å². The first-order valence-corrected chi connectivity index (χ1v) is 5.27. The zero-order valence-electron chi connectivity index (χ0n) is 9.55. The summed E-state index contributed by atoms with van der Waals surface area (Å²) in [5.41, 5.74) is 0. The first kappa shape index (κ1) is 15.2. The van der Waals surface area contributed by atoms with Crippen LogP contribution in [-0.4, -0.2) is 42.3 Å². The molecule has 0 rings (SSSR count). The van der Waals surface area contributed by atoms with Crippen LogP contribution in [0.1, 0.15) is 26.2 Å². The van der Waals surface area contributed by atoms with Gasteiger partial charge >= 0.3 is 12.1 Å². The third-order valence-corrected chi connectivity index (χ3v) is 2.33. The summed E-state index contributed by atoms with van der Waals surface area (Å²) in [7, 11) is 1.51. The Labute approximate surface area is 93.2 Å². The van der Waals surface area contributed by atoms with Crippen LogP contribution in [0.15, 0.2) is 0 Å². The molecule has 0 aromatic rings. The van der Waals surface area contributed by atoms with E-state index in [2.05, 4.69) is 0 Å². The van der Waals surface area contributed by atoms with E-state index in [9.17, 15) is 18.0 Å². The van der Waals surface area contributed by atoms with Crippen molar-refractivity contribution in [3.8, 4) is 0 Å². The normalized spacial score (nSPS) is 14.1. The predicted octanol–water partition coefficient (Wildman–Crippen LogP) is 2.37. The molecule has 0 aliphatic carbocycles. The maximum atomic E-state index is 12.3. The minimum atomic E-state index is -4.68. The van der Waals surface area contributed by atoms with Crippen molar-refractivity contribution in [2.24, 2.45) is 5.92 Å². The molecule has 1 atom stereocenters. The lowest BCUT2D eigenvalue weighted by molar-refractivity contribution is -0.196. The number of hydrogen-bond acceptors (Lipinski definition) is 2. The van der Waals surface area contributed by atoms with Crippen molar-refractivity contribution in [3.05, 3.63) is 0 Å². The second kappa shape index (κ2) is 6.73. The van der Waals surface area contributed by atoms with Crippen molar-refractivity contribution in [2.45, 2.75) is 32.4 Å². The summed E-state index contributed by atoms with van der Waals surface area (Å²) in [4.78, 5) is 11.9.